The second kappa shape index (κ2) is 12.8. The van der Waals surface area contributed by atoms with Gasteiger partial charge in [0.05, 0.1) is 5.69 Å². The molecule has 9 heteroatoms. The molecule has 1 aliphatic heterocycles. The quantitative estimate of drug-likeness (QED) is 0.224. The van der Waals surface area contributed by atoms with Crippen LogP contribution in [0.5, 0.6) is 0 Å². The Balaban J connectivity index is 1.12. The van der Waals surface area contributed by atoms with Crippen LogP contribution >= 0.6 is 11.3 Å². The first-order valence-electron chi connectivity index (χ1n) is 14.2. The number of carbonyl (C=O) groups is 1. The highest BCUT2D eigenvalue weighted by atomic mass is 32.1. The first kappa shape index (κ1) is 28.0. The van der Waals surface area contributed by atoms with Crippen LogP contribution in [0.2, 0.25) is 0 Å². The minimum Gasteiger partial charge on any atom is -0.304 e. The summed E-state index contributed by atoms with van der Waals surface area (Å²) in [6.07, 6.45) is 6.30. The number of ketones is 1. The summed E-state index contributed by atoms with van der Waals surface area (Å²) in [6, 6.07) is 18.3. The number of aromatic nitrogens is 5. The second-order valence-corrected chi connectivity index (χ2v) is 11.7. The van der Waals surface area contributed by atoms with Crippen molar-refractivity contribution < 1.29 is 4.79 Å². The van der Waals surface area contributed by atoms with Gasteiger partial charge in [-0.25, -0.2) is 9.97 Å². The maximum absolute atomic E-state index is 13.2. The van der Waals surface area contributed by atoms with Gasteiger partial charge in [0.15, 0.2) is 5.78 Å². The van der Waals surface area contributed by atoms with Crippen molar-refractivity contribution in [2.24, 2.45) is 0 Å². The standard InChI is InChI=1S/C33H33N7OS/c1-23-3-4-25(16-31(41)26-7-5-24(6-8-26)21-40-13-11-39(2)12-14-40)15-27(23)18-32-35-10-9-30(37-32)28-17-29(20-34-19-28)33-38-36-22-42-33/h3-10,15,17,19-20,22H,11-14,16,18,21H2,1-2H3. The van der Waals surface area contributed by atoms with E-state index in [-0.39, 0.29) is 5.78 Å². The van der Waals surface area contributed by atoms with Gasteiger partial charge >= 0.3 is 0 Å². The predicted octanol–water partition coefficient (Wildman–Crippen LogP) is 5.13. The van der Waals surface area contributed by atoms with Crippen LogP contribution < -0.4 is 0 Å². The van der Waals surface area contributed by atoms with Crippen LogP contribution in [-0.4, -0.2) is 74.0 Å². The molecular weight excluding hydrogens is 542 g/mol. The molecular formula is C33H33N7OS. The van der Waals surface area contributed by atoms with E-state index in [1.807, 2.05) is 30.3 Å². The van der Waals surface area contributed by atoms with Crippen molar-refractivity contribution in [3.05, 3.63) is 112 Å². The number of nitrogens with zero attached hydrogens (tertiary/aromatic N) is 7. The number of aryl methyl sites for hydroxylation is 1. The van der Waals surface area contributed by atoms with Gasteiger partial charge in [0.25, 0.3) is 0 Å². The number of pyridine rings is 1. The minimum atomic E-state index is 0.122. The monoisotopic (exact) mass is 575 g/mol. The molecule has 1 fully saturated rings. The molecule has 0 atom stereocenters. The molecule has 0 spiro atoms. The summed E-state index contributed by atoms with van der Waals surface area (Å²) in [4.78, 5) is 31.8. The normalized spacial score (nSPS) is 14.2. The Morgan fingerprint density at radius 1 is 0.929 bits per heavy atom. The van der Waals surface area contributed by atoms with Crippen molar-refractivity contribution in [2.45, 2.75) is 26.3 Å². The van der Waals surface area contributed by atoms with Crippen LogP contribution in [0.1, 0.15) is 38.4 Å². The van der Waals surface area contributed by atoms with E-state index in [0.717, 1.165) is 82.6 Å². The highest BCUT2D eigenvalue weighted by Crippen LogP contribution is 2.25. The Morgan fingerprint density at radius 3 is 2.50 bits per heavy atom. The van der Waals surface area contributed by atoms with E-state index in [1.54, 1.807) is 24.1 Å². The predicted molar refractivity (Wildman–Crippen MR) is 165 cm³/mol. The van der Waals surface area contributed by atoms with Crippen LogP contribution in [0.15, 0.2) is 78.7 Å². The fraction of sp³-hybridized carbons (Fsp3) is 0.273. The fourth-order valence-corrected chi connectivity index (χ4v) is 5.72. The number of Topliss-reactive ketones (excluding diaryl/α,β-unsaturated/α-hetero) is 1. The molecule has 212 valence electrons. The van der Waals surface area contributed by atoms with Crippen molar-refractivity contribution in [3.63, 3.8) is 0 Å². The van der Waals surface area contributed by atoms with Gasteiger partial charge in [0.2, 0.25) is 0 Å². The van der Waals surface area contributed by atoms with Gasteiger partial charge in [-0.2, -0.15) is 0 Å². The van der Waals surface area contributed by atoms with Gasteiger partial charge in [0, 0.05) is 80.8 Å². The summed E-state index contributed by atoms with van der Waals surface area (Å²) >= 11 is 1.48. The third kappa shape index (κ3) is 6.82. The van der Waals surface area contributed by atoms with E-state index in [1.165, 1.54) is 16.9 Å². The first-order chi connectivity index (χ1) is 20.5. The van der Waals surface area contributed by atoms with Gasteiger partial charge in [-0.15, -0.1) is 10.2 Å². The summed E-state index contributed by atoms with van der Waals surface area (Å²) in [6.45, 7) is 7.38. The number of likely N-dealkylation sites (N-methyl/N-ethyl adjacent to an activating group) is 1. The summed E-state index contributed by atoms with van der Waals surface area (Å²) in [5, 5.41) is 8.90. The molecule has 0 N–H and O–H groups in total. The molecule has 0 aliphatic carbocycles. The Morgan fingerprint density at radius 2 is 1.71 bits per heavy atom. The Hall–Kier alpha value is -4.18. The van der Waals surface area contributed by atoms with Gasteiger partial charge in [-0.3, -0.25) is 14.7 Å². The minimum absolute atomic E-state index is 0.122. The number of hydrogen-bond acceptors (Lipinski definition) is 9. The molecule has 1 aliphatic rings. The lowest BCUT2D eigenvalue weighted by Gasteiger charge is -2.32. The number of rotatable bonds is 9. The van der Waals surface area contributed by atoms with Crippen LogP contribution in [0.4, 0.5) is 0 Å². The Labute approximate surface area is 250 Å². The van der Waals surface area contributed by atoms with Crippen LogP contribution in [0, 0.1) is 6.92 Å². The van der Waals surface area contributed by atoms with Gasteiger partial charge in [-0.1, -0.05) is 53.8 Å². The van der Waals surface area contributed by atoms with E-state index in [4.69, 9.17) is 4.98 Å². The highest BCUT2D eigenvalue weighted by molar-refractivity contribution is 7.12. The molecule has 0 bridgehead atoms. The molecule has 6 rings (SSSR count). The molecule has 5 aromatic rings. The van der Waals surface area contributed by atoms with Crippen molar-refractivity contribution >= 4 is 17.1 Å². The van der Waals surface area contributed by atoms with Crippen molar-refractivity contribution in [3.8, 4) is 21.8 Å². The Kier molecular flexibility index (Phi) is 8.50. The SMILES string of the molecule is Cc1ccc(CC(=O)c2ccc(CN3CCN(C)CC3)cc2)cc1Cc1nccc(-c2cncc(-c3nncs3)c2)n1. The highest BCUT2D eigenvalue weighted by Gasteiger charge is 2.15. The topological polar surface area (TPSA) is 88.0 Å². The van der Waals surface area contributed by atoms with Crippen LogP contribution in [0.3, 0.4) is 0 Å². The van der Waals surface area contributed by atoms with Crippen LogP contribution in [0.25, 0.3) is 21.8 Å². The van der Waals surface area contributed by atoms with Crippen molar-refractivity contribution in [1.82, 2.24) is 34.9 Å². The lowest BCUT2D eigenvalue weighted by molar-refractivity contribution is 0.0993. The number of benzene rings is 2. The molecule has 2 aromatic carbocycles. The summed E-state index contributed by atoms with van der Waals surface area (Å²) in [7, 11) is 2.17. The second-order valence-electron chi connectivity index (χ2n) is 10.9. The summed E-state index contributed by atoms with van der Waals surface area (Å²) in [5.41, 5.74) is 9.57. The molecule has 3 aromatic heterocycles. The zero-order valence-electron chi connectivity index (χ0n) is 23.9. The third-order valence-electron chi connectivity index (χ3n) is 7.75. The van der Waals surface area contributed by atoms with E-state index >= 15 is 0 Å². The smallest absolute Gasteiger partial charge is 0.167 e. The van der Waals surface area contributed by atoms with E-state index in [0.29, 0.717) is 12.8 Å². The van der Waals surface area contributed by atoms with Gasteiger partial charge < -0.3 is 4.90 Å². The molecule has 4 heterocycles. The Bertz CT molecular complexity index is 1660. The molecule has 0 unspecified atom stereocenters. The molecule has 0 saturated carbocycles. The first-order valence-corrected chi connectivity index (χ1v) is 15.0. The van der Waals surface area contributed by atoms with Gasteiger partial charge in [-0.05, 0) is 48.4 Å². The van der Waals surface area contributed by atoms with E-state index in [9.17, 15) is 4.79 Å². The maximum Gasteiger partial charge on any atom is 0.167 e. The van der Waals surface area contributed by atoms with E-state index < -0.39 is 0 Å². The fourth-order valence-electron chi connectivity index (χ4n) is 5.18. The molecule has 8 nitrogen and oxygen atoms in total. The average molecular weight is 576 g/mol. The van der Waals surface area contributed by atoms with E-state index in [2.05, 4.69) is 68.2 Å². The lowest BCUT2D eigenvalue weighted by Crippen LogP contribution is -2.43. The largest absolute Gasteiger partial charge is 0.304 e. The average Bonchev–Trinajstić information content (AvgIpc) is 3.56. The maximum atomic E-state index is 13.2. The molecule has 42 heavy (non-hydrogen) atoms. The summed E-state index contributed by atoms with van der Waals surface area (Å²) < 4.78 is 0. The van der Waals surface area contributed by atoms with Crippen molar-refractivity contribution in [1.29, 1.82) is 0 Å². The molecule has 1 saturated heterocycles. The van der Waals surface area contributed by atoms with Gasteiger partial charge in [0.1, 0.15) is 16.3 Å². The van der Waals surface area contributed by atoms with Crippen molar-refractivity contribution in [2.75, 3.05) is 33.2 Å². The molecule has 0 radical (unpaired) electrons. The van der Waals surface area contributed by atoms with Crippen LogP contribution in [-0.2, 0) is 19.4 Å². The zero-order valence-corrected chi connectivity index (χ0v) is 24.7. The number of hydrogen-bond donors (Lipinski definition) is 0. The number of piperazine rings is 1. The molecule has 0 amide bonds. The summed E-state index contributed by atoms with van der Waals surface area (Å²) in [5.74, 6) is 0.841. The lowest BCUT2D eigenvalue weighted by atomic mass is 9.97. The zero-order chi connectivity index (χ0) is 28.9. The number of carbonyl (C=O) groups excluding carboxylic acids is 1. The third-order valence-corrected chi connectivity index (χ3v) is 8.49.